The summed E-state index contributed by atoms with van der Waals surface area (Å²) in [5, 5.41) is 8.26. The fourth-order valence-electron chi connectivity index (χ4n) is 1.49. The van der Waals surface area contributed by atoms with Crippen molar-refractivity contribution in [3.8, 4) is 0 Å². The number of hydrogen-bond acceptors (Lipinski definition) is 6. The molecule has 2 rings (SSSR count). The molecular formula is C12H17N3O3S. The summed E-state index contributed by atoms with van der Waals surface area (Å²) in [7, 11) is 0. The molecular weight excluding hydrogens is 266 g/mol. The highest BCUT2D eigenvalue weighted by Gasteiger charge is 2.22. The Morgan fingerprint density at radius 2 is 2.32 bits per heavy atom. The highest BCUT2D eigenvalue weighted by Crippen LogP contribution is 2.19. The van der Waals surface area contributed by atoms with Crippen LogP contribution in [0.3, 0.4) is 0 Å². The topological polar surface area (TPSA) is 80.3 Å². The van der Waals surface area contributed by atoms with E-state index in [0.29, 0.717) is 23.5 Å². The molecule has 0 atom stereocenters. The zero-order valence-corrected chi connectivity index (χ0v) is 11.6. The number of anilines is 1. The van der Waals surface area contributed by atoms with Crippen LogP contribution in [-0.2, 0) is 20.7 Å². The van der Waals surface area contributed by atoms with Gasteiger partial charge in [0.2, 0.25) is 5.91 Å². The molecule has 19 heavy (non-hydrogen) atoms. The van der Waals surface area contributed by atoms with Gasteiger partial charge in [0.25, 0.3) is 0 Å². The number of rotatable bonds is 7. The summed E-state index contributed by atoms with van der Waals surface area (Å²) < 4.78 is 4.85. The average molecular weight is 283 g/mol. The molecule has 6 nitrogen and oxygen atoms in total. The quantitative estimate of drug-likeness (QED) is 0.728. The molecule has 1 aromatic heterocycles. The van der Waals surface area contributed by atoms with Crippen molar-refractivity contribution in [3.05, 3.63) is 11.1 Å². The molecule has 2 N–H and O–H groups in total. The van der Waals surface area contributed by atoms with E-state index in [-0.39, 0.29) is 24.8 Å². The van der Waals surface area contributed by atoms with Gasteiger partial charge in [0, 0.05) is 11.4 Å². The van der Waals surface area contributed by atoms with Crippen molar-refractivity contribution in [2.45, 2.75) is 32.2 Å². The van der Waals surface area contributed by atoms with Gasteiger partial charge >= 0.3 is 5.97 Å². The number of nitrogens with one attached hydrogen (secondary N) is 2. The summed E-state index contributed by atoms with van der Waals surface area (Å²) in [5.41, 5.74) is 0.661. The largest absolute Gasteiger partial charge is 0.466 e. The first-order valence-corrected chi connectivity index (χ1v) is 7.18. The molecule has 1 saturated carbocycles. The number of thiazole rings is 1. The van der Waals surface area contributed by atoms with E-state index < -0.39 is 0 Å². The predicted molar refractivity (Wildman–Crippen MR) is 72.1 cm³/mol. The molecule has 104 valence electrons. The highest BCUT2D eigenvalue weighted by atomic mass is 32.1. The van der Waals surface area contributed by atoms with Crippen LogP contribution in [0.25, 0.3) is 0 Å². The molecule has 1 heterocycles. The van der Waals surface area contributed by atoms with E-state index in [0.717, 1.165) is 12.8 Å². The van der Waals surface area contributed by atoms with E-state index in [1.165, 1.54) is 11.3 Å². The van der Waals surface area contributed by atoms with Gasteiger partial charge in [-0.2, -0.15) is 0 Å². The summed E-state index contributed by atoms with van der Waals surface area (Å²) in [4.78, 5) is 27.0. The number of carbonyl (C=O) groups is 2. The lowest BCUT2D eigenvalue weighted by molar-refractivity contribution is -0.142. The molecule has 0 unspecified atom stereocenters. The number of nitrogens with zero attached hydrogens (tertiary/aromatic N) is 1. The fourth-order valence-corrected chi connectivity index (χ4v) is 2.20. The van der Waals surface area contributed by atoms with Gasteiger partial charge in [0.05, 0.1) is 25.3 Å². The van der Waals surface area contributed by atoms with E-state index in [1.807, 2.05) is 0 Å². The van der Waals surface area contributed by atoms with Crippen molar-refractivity contribution >= 4 is 28.3 Å². The summed E-state index contributed by atoms with van der Waals surface area (Å²) in [6.07, 6.45) is 2.32. The Labute approximate surface area is 115 Å². The molecule has 0 spiro atoms. The highest BCUT2D eigenvalue weighted by molar-refractivity contribution is 7.13. The molecule has 0 saturated heterocycles. The second kappa shape index (κ2) is 6.51. The number of esters is 1. The lowest BCUT2D eigenvalue weighted by Gasteiger charge is -2.03. The first-order chi connectivity index (χ1) is 9.17. The molecule has 0 radical (unpaired) electrons. The van der Waals surface area contributed by atoms with Crippen LogP contribution < -0.4 is 10.6 Å². The minimum atomic E-state index is -0.286. The monoisotopic (exact) mass is 283 g/mol. The van der Waals surface area contributed by atoms with Crippen molar-refractivity contribution in [1.29, 1.82) is 0 Å². The third kappa shape index (κ3) is 4.86. The number of aromatic nitrogens is 1. The smallest absolute Gasteiger partial charge is 0.311 e. The van der Waals surface area contributed by atoms with Crippen molar-refractivity contribution in [2.75, 3.05) is 18.5 Å². The Morgan fingerprint density at radius 3 is 3.00 bits per heavy atom. The molecule has 1 aliphatic rings. The first-order valence-electron chi connectivity index (χ1n) is 6.30. The molecule has 1 fully saturated rings. The van der Waals surface area contributed by atoms with E-state index in [9.17, 15) is 9.59 Å². The van der Waals surface area contributed by atoms with Crippen LogP contribution in [0.5, 0.6) is 0 Å². The maximum Gasteiger partial charge on any atom is 0.311 e. The van der Waals surface area contributed by atoms with Crippen LogP contribution in [-0.4, -0.2) is 36.1 Å². The molecule has 1 amide bonds. The van der Waals surface area contributed by atoms with Gasteiger partial charge in [-0.15, -0.1) is 11.3 Å². The Balaban J connectivity index is 1.73. The van der Waals surface area contributed by atoms with E-state index in [4.69, 9.17) is 4.74 Å². The third-order valence-corrected chi connectivity index (χ3v) is 3.37. The summed E-state index contributed by atoms with van der Waals surface area (Å²) in [5.74, 6) is -0.310. The van der Waals surface area contributed by atoms with Gasteiger partial charge in [-0.05, 0) is 19.8 Å². The minimum absolute atomic E-state index is 0.0235. The van der Waals surface area contributed by atoms with Crippen LogP contribution in [0.15, 0.2) is 5.38 Å². The van der Waals surface area contributed by atoms with Crippen LogP contribution in [0.1, 0.15) is 25.5 Å². The number of carbonyl (C=O) groups excluding carboxylic acids is 2. The van der Waals surface area contributed by atoms with Crippen molar-refractivity contribution in [3.63, 3.8) is 0 Å². The van der Waals surface area contributed by atoms with Crippen LogP contribution in [0, 0.1) is 0 Å². The maximum atomic E-state index is 11.5. The minimum Gasteiger partial charge on any atom is -0.466 e. The number of ether oxygens (including phenoxy) is 1. The Morgan fingerprint density at radius 1 is 1.53 bits per heavy atom. The first kappa shape index (κ1) is 13.8. The predicted octanol–water partition coefficient (Wildman–Crippen LogP) is 0.939. The summed E-state index contributed by atoms with van der Waals surface area (Å²) >= 11 is 1.38. The second-order valence-corrected chi connectivity index (χ2v) is 5.18. The fraction of sp³-hybridized carbons (Fsp3) is 0.583. The molecule has 0 aromatic carbocycles. The second-order valence-electron chi connectivity index (χ2n) is 4.32. The van der Waals surface area contributed by atoms with Crippen LogP contribution in [0.4, 0.5) is 5.13 Å². The maximum absolute atomic E-state index is 11.5. The van der Waals surface area contributed by atoms with Gasteiger partial charge in [-0.3, -0.25) is 9.59 Å². The zero-order chi connectivity index (χ0) is 13.7. The standard InChI is InChI=1S/C12H17N3O3S/c1-2-18-11(17)5-9-7-19-12(15-9)13-6-10(16)14-8-3-4-8/h7-8H,2-6H2,1H3,(H,13,15)(H,14,16). The molecule has 1 aliphatic carbocycles. The van der Waals surface area contributed by atoms with E-state index in [2.05, 4.69) is 15.6 Å². The van der Waals surface area contributed by atoms with E-state index in [1.54, 1.807) is 12.3 Å². The molecule has 0 bridgehead atoms. The number of amides is 1. The van der Waals surface area contributed by atoms with Gasteiger partial charge in [0.15, 0.2) is 5.13 Å². The number of hydrogen-bond donors (Lipinski definition) is 2. The molecule has 0 aliphatic heterocycles. The van der Waals surface area contributed by atoms with Crippen LogP contribution >= 0.6 is 11.3 Å². The normalized spacial score (nSPS) is 13.9. The van der Waals surface area contributed by atoms with Crippen molar-refractivity contribution in [1.82, 2.24) is 10.3 Å². The molecule has 1 aromatic rings. The third-order valence-electron chi connectivity index (χ3n) is 2.53. The lowest BCUT2D eigenvalue weighted by atomic mass is 10.3. The summed E-state index contributed by atoms with van der Waals surface area (Å²) in [6.45, 7) is 2.35. The average Bonchev–Trinajstić information content (AvgIpc) is 3.05. The Kier molecular flexibility index (Phi) is 4.73. The van der Waals surface area contributed by atoms with Gasteiger partial charge in [0.1, 0.15) is 0 Å². The Hall–Kier alpha value is -1.63. The zero-order valence-electron chi connectivity index (χ0n) is 10.8. The SMILES string of the molecule is CCOC(=O)Cc1csc(NCC(=O)NC2CC2)n1. The molecule has 7 heteroatoms. The van der Waals surface area contributed by atoms with Gasteiger partial charge in [-0.1, -0.05) is 0 Å². The van der Waals surface area contributed by atoms with Crippen LogP contribution in [0.2, 0.25) is 0 Å². The summed E-state index contributed by atoms with van der Waals surface area (Å²) in [6, 6.07) is 0.366. The lowest BCUT2D eigenvalue weighted by Crippen LogP contribution is -2.31. The van der Waals surface area contributed by atoms with Crippen molar-refractivity contribution in [2.24, 2.45) is 0 Å². The van der Waals surface area contributed by atoms with Gasteiger partial charge < -0.3 is 15.4 Å². The van der Waals surface area contributed by atoms with Gasteiger partial charge in [-0.25, -0.2) is 4.98 Å². The van der Waals surface area contributed by atoms with Crippen molar-refractivity contribution < 1.29 is 14.3 Å². The Bertz CT molecular complexity index is 457. The van der Waals surface area contributed by atoms with E-state index >= 15 is 0 Å².